The number of rotatable bonds is 11. The van der Waals surface area contributed by atoms with Crippen LogP contribution in [0.15, 0.2) is 53.5 Å². The quantitative estimate of drug-likeness (QED) is 0.169. The number of fused-ring (bicyclic) bond motifs is 2. The molecule has 2 aromatic carbocycles. The van der Waals surface area contributed by atoms with Gasteiger partial charge in [-0.05, 0) is 94.8 Å². The predicted octanol–water partition coefficient (Wildman–Crippen LogP) is 4.27. The molecule has 1 spiro atoms. The van der Waals surface area contributed by atoms with E-state index in [-0.39, 0.29) is 47.1 Å². The van der Waals surface area contributed by atoms with Gasteiger partial charge in [-0.1, -0.05) is 17.7 Å². The Kier molecular flexibility index (Phi) is 11.5. The molecule has 4 aromatic rings. The van der Waals surface area contributed by atoms with Crippen molar-refractivity contribution in [1.82, 2.24) is 35.0 Å². The van der Waals surface area contributed by atoms with Crippen LogP contribution in [0.2, 0.25) is 5.02 Å². The SMILES string of the molecule is CNC(=O)COc1cc2cc(Nc3nc(N4CCC(CN5CCC6(CCN(c7cccc8c7CN(C7CCC(=O)NC7O)C8=O)C6)C5)CC4)ncc3Cl)ccc2n(C(C)C)c1=O. The molecule has 4 saturated heterocycles. The Morgan fingerprint density at radius 2 is 1.84 bits per heavy atom. The fraction of sp³-hybridized carbons (Fsp3) is 0.511. The van der Waals surface area contributed by atoms with E-state index in [2.05, 4.69) is 41.7 Å². The number of nitrogens with one attached hydrogen (secondary N) is 3. The van der Waals surface area contributed by atoms with Crippen LogP contribution in [0.5, 0.6) is 5.75 Å². The van der Waals surface area contributed by atoms with Crippen LogP contribution in [0.4, 0.5) is 23.1 Å². The van der Waals surface area contributed by atoms with Crippen LogP contribution in [0.25, 0.3) is 10.9 Å². The summed E-state index contributed by atoms with van der Waals surface area (Å²) in [5.74, 6) is 1.21. The summed E-state index contributed by atoms with van der Waals surface area (Å²) in [6.07, 6.45) is 5.70. The number of halogens is 1. The number of pyridine rings is 1. The fourth-order valence-electron chi connectivity index (χ4n) is 10.3. The third kappa shape index (κ3) is 8.15. The summed E-state index contributed by atoms with van der Waals surface area (Å²) in [6.45, 7) is 10.9. The van der Waals surface area contributed by atoms with Gasteiger partial charge in [-0.25, -0.2) is 4.98 Å². The van der Waals surface area contributed by atoms with Crippen molar-refractivity contribution in [1.29, 1.82) is 0 Å². The first-order valence-corrected chi connectivity index (χ1v) is 22.2. The van der Waals surface area contributed by atoms with Gasteiger partial charge >= 0.3 is 0 Å². The van der Waals surface area contributed by atoms with Crippen LogP contribution >= 0.6 is 11.6 Å². The smallest absolute Gasteiger partial charge is 0.293 e. The number of hydrogen-bond donors (Lipinski definition) is 4. The Labute approximate surface area is 365 Å². The lowest BCUT2D eigenvalue weighted by molar-refractivity contribution is -0.129. The Morgan fingerprint density at radius 3 is 2.61 bits per heavy atom. The number of piperidine rings is 2. The average molecular weight is 867 g/mol. The molecule has 4 fully saturated rings. The maximum absolute atomic E-state index is 13.5. The standard InChI is InChI=1S/C45H55ClN10O6/c1-27(2)56-34-8-7-30(19-29(34)20-37(43(56)61)62-24-39(58)47-3)49-40-33(46)21-48-44(51-40)53-15-11-28(12-16-53)22-52-17-13-45(25-52)14-18-54(26-45)35-6-4-5-31-32(35)23-55(42(31)60)36-9-10-38(57)50-41(36)59/h4-8,19-21,27-28,36,41,59H,9-18,22-26H2,1-3H3,(H,47,58)(H,50,57)(H,48,49,51). The first-order valence-electron chi connectivity index (χ1n) is 21.8. The largest absolute Gasteiger partial charge is 0.478 e. The van der Waals surface area contributed by atoms with Crippen LogP contribution in [-0.4, -0.2) is 119 Å². The summed E-state index contributed by atoms with van der Waals surface area (Å²) in [5.41, 5.74) is 4.24. The number of aliphatic hydroxyl groups excluding tert-OH is 1. The molecular weight excluding hydrogens is 812 g/mol. The van der Waals surface area contributed by atoms with Crippen molar-refractivity contribution in [3.05, 3.63) is 75.2 Å². The normalized spacial score (nSPS) is 23.2. The zero-order chi connectivity index (χ0) is 43.3. The lowest BCUT2D eigenvalue weighted by Gasteiger charge is -2.35. The molecule has 3 atom stereocenters. The third-order valence-corrected chi connectivity index (χ3v) is 13.8. The average Bonchev–Trinajstić information content (AvgIpc) is 3.97. The molecule has 7 heterocycles. The van der Waals surface area contributed by atoms with E-state index in [1.807, 2.05) is 44.2 Å². The molecule has 16 nitrogen and oxygen atoms in total. The van der Waals surface area contributed by atoms with Crippen molar-refractivity contribution in [2.45, 2.75) is 77.2 Å². The lowest BCUT2D eigenvalue weighted by atomic mass is 9.86. The second-order valence-corrected chi connectivity index (χ2v) is 18.4. The molecule has 0 saturated carbocycles. The highest BCUT2D eigenvalue weighted by Crippen LogP contribution is 2.44. The van der Waals surface area contributed by atoms with Gasteiger partial charge in [-0.3, -0.25) is 19.2 Å². The van der Waals surface area contributed by atoms with Crippen LogP contribution in [0.3, 0.4) is 0 Å². The number of likely N-dealkylation sites (N-methyl/N-ethyl adjacent to an activating group) is 1. The van der Waals surface area contributed by atoms with E-state index in [0.29, 0.717) is 47.7 Å². The van der Waals surface area contributed by atoms with Gasteiger partial charge in [0.2, 0.25) is 11.9 Å². The van der Waals surface area contributed by atoms with Crippen molar-refractivity contribution in [3.63, 3.8) is 0 Å². The van der Waals surface area contributed by atoms with Crippen LogP contribution in [0, 0.1) is 11.3 Å². The van der Waals surface area contributed by atoms with Gasteiger partial charge < -0.3 is 50.0 Å². The molecule has 2 aromatic heterocycles. The van der Waals surface area contributed by atoms with Crippen molar-refractivity contribution in [3.8, 4) is 5.75 Å². The molecule has 0 aliphatic carbocycles. The number of hydrogen-bond acceptors (Lipinski definition) is 12. The second kappa shape index (κ2) is 17.0. The predicted molar refractivity (Wildman–Crippen MR) is 237 cm³/mol. The third-order valence-electron chi connectivity index (χ3n) is 13.6. The number of aliphatic hydroxyl groups is 1. The van der Waals surface area contributed by atoms with E-state index in [0.717, 1.165) is 99.3 Å². The molecule has 5 aliphatic heterocycles. The van der Waals surface area contributed by atoms with Gasteiger partial charge in [-0.2, -0.15) is 4.98 Å². The van der Waals surface area contributed by atoms with E-state index in [9.17, 15) is 24.3 Å². The lowest BCUT2D eigenvalue weighted by Crippen LogP contribution is -2.55. The summed E-state index contributed by atoms with van der Waals surface area (Å²) < 4.78 is 7.29. The molecule has 328 valence electrons. The number of aromatic nitrogens is 3. The topological polar surface area (TPSA) is 178 Å². The molecule has 9 rings (SSSR count). The summed E-state index contributed by atoms with van der Waals surface area (Å²) >= 11 is 6.64. The summed E-state index contributed by atoms with van der Waals surface area (Å²) in [4.78, 5) is 69.0. The van der Waals surface area contributed by atoms with Gasteiger partial charge in [0, 0.05) is 98.6 Å². The molecule has 3 amide bonds. The van der Waals surface area contributed by atoms with Crippen molar-refractivity contribution >= 4 is 63.4 Å². The molecule has 0 radical (unpaired) electrons. The number of carbonyl (C=O) groups is 3. The van der Waals surface area contributed by atoms with Crippen molar-refractivity contribution in [2.24, 2.45) is 11.3 Å². The summed E-state index contributed by atoms with van der Waals surface area (Å²) in [6, 6.07) is 12.8. The van der Waals surface area contributed by atoms with Gasteiger partial charge in [-0.15, -0.1) is 0 Å². The van der Waals surface area contributed by atoms with E-state index in [4.69, 9.17) is 21.3 Å². The van der Waals surface area contributed by atoms with Crippen LogP contribution in [-0.2, 0) is 16.1 Å². The number of nitrogens with zero attached hydrogens (tertiary/aromatic N) is 7. The number of carbonyl (C=O) groups excluding carboxylic acids is 3. The maximum Gasteiger partial charge on any atom is 0.293 e. The monoisotopic (exact) mass is 866 g/mol. The maximum atomic E-state index is 13.5. The highest BCUT2D eigenvalue weighted by Gasteiger charge is 2.46. The Bertz CT molecular complexity index is 2460. The number of anilines is 4. The molecule has 4 N–H and O–H groups in total. The molecule has 5 aliphatic rings. The van der Waals surface area contributed by atoms with Gasteiger partial charge in [0.05, 0.1) is 17.8 Å². The summed E-state index contributed by atoms with van der Waals surface area (Å²) in [7, 11) is 1.52. The Balaban J connectivity index is 0.801. The molecule has 3 unspecified atom stereocenters. The van der Waals surface area contributed by atoms with Crippen molar-refractivity contribution in [2.75, 3.05) is 74.6 Å². The minimum Gasteiger partial charge on any atom is -0.478 e. The zero-order valence-corrected chi connectivity index (χ0v) is 36.3. The van der Waals surface area contributed by atoms with Gasteiger partial charge in [0.15, 0.2) is 18.2 Å². The summed E-state index contributed by atoms with van der Waals surface area (Å²) in [5, 5.41) is 20.2. The van der Waals surface area contributed by atoms with E-state index in [1.54, 1.807) is 21.7 Å². The molecular formula is C45H55ClN10O6. The first-order chi connectivity index (χ1) is 29.9. The van der Waals surface area contributed by atoms with Gasteiger partial charge in [0.1, 0.15) is 11.3 Å². The first kappa shape index (κ1) is 41.9. The molecule has 17 heteroatoms. The molecule has 62 heavy (non-hydrogen) atoms. The van der Waals surface area contributed by atoms with Crippen LogP contribution in [0.1, 0.15) is 74.3 Å². The van der Waals surface area contributed by atoms with Gasteiger partial charge in [0.25, 0.3) is 17.4 Å². The highest BCUT2D eigenvalue weighted by atomic mass is 35.5. The number of ether oxygens (including phenoxy) is 1. The minimum atomic E-state index is -1.05. The van der Waals surface area contributed by atoms with Crippen LogP contribution < -0.4 is 36.0 Å². The van der Waals surface area contributed by atoms with E-state index < -0.39 is 12.3 Å². The number of likely N-dealkylation sites (tertiary alicyclic amines) is 1. The Hall–Kier alpha value is -5.45. The second-order valence-electron chi connectivity index (χ2n) is 17.9. The Morgan fingerprint density at radius 1 is 1.03 bits per heavy atom. The fourth-order valence-corrected chi connectivity index (χ4v) is 10.4. The number of benzene rings is 2. The van der Waals surface area contributed by atoms with E-state index in [1.165, 1.54) is 7.05 Å². The van der Waals surface area contributed by atoms with E-state index >= 15 is 0 Å². The molecule has 0 bridgehead atoms. The highest BCUT2D eigenvalue weighted by molar-refractivity contribution is 6.33. The zero-order valence-electron chi connectivity index (χ0n) is 35.5. The van der Waals surface area contributed by atoms with Crippen molar-refractivity contribution < 1.29 is 24.2 Å². The number of amides is 3. The minimum absolute atomic E-state index is 0.0707.